The van der Waals surface area contributed by atoms with Crippen molar-refractivity contribution in [2.45, 2.75) is 19.8 Å². The van der Waals surface area contributed by atoms with Crippen LogP contribution in [0.2, 0.25) is 0 Å². The number of nitrogens with zero attached hydrogens (tertiary/aromatic N) is 3. The van der Waals surface area contributed by atoms with Crippen LogP contribution in [0.15, 0.2) is 39.8 Å². The van der Waals surface area contributed by atoms with E-state index in [-0.39, 0.29) is 28.1 Å². The molecule has 8 heteroatoms. The molecule has 2 aromatic heterocycles. The molecular weight excluding hydrogens is 360 g/mol. The average Bonchev–Trinajstić information content (AvgIpc) is 3.32. The first-order valence-electron chi connectivity index (χ1n) is 9.11. The summed E-state index contributed by atoms with van der Waals surface area (Å²) in [6, 6.07) is 6.80. The van der Waals surface area contributed by atoms with Crippen molar-refractivity contribution in [3.8, 4) is 0 Å². The van der Waals surface area contributed by atoms with Crippen LogP contribution in [0.4, 0.5) is 5.69 Å². The van der Waals surface area contributed by atoms with Gasteiger partial charge in [-0.2, -0.15) is 0 Å². The molecule has 8 nitrogen and oxygen atoms in total. The van der Waals surface area contributed by atoms with Crippen molar-refractivity contribution in [2.24, 2.45) is 7.05 Å². The molecule has 3 heterocycles. The average molecular weight is 380 g/mol. The predicted molar refractivity (Wildman–Crippen MR) is 104 cm³/mol. The number of furan rings is 1. The zero-order valence-electron chi connectivity index (χ0n) is 15.7. The molecule has 1 aliphatic heterocycles. The number of rotatable bonds is 3. The topological polar surface area (TPSA) is 97.4 Å². The normalized spacial score (nSPS) is 13.9. The number of aromatic nitrogens is 2. The lowest BCUT2D eigenvalue weighted by Gasteiger charge is -2.15. The van der Waals surface area contributed by atoms with E-state index in [1.165, 1.54) is 10.9 Å². The molecule has 0 bridgehead atoms. The number of anilines is 1. The largest absolute Gasteiger partial charge is 0.442 e. The molecule has 1 N–H and O–H groups in total. The number of aryl methyl sites for hydroxylation is 2. The molecule has 144 valence electrons. The third kappa shape index (κ3) is 3.06. The van der Waals surface area contributed by atoms with Crippen LogP contribution in [0.3, 0.4) is 0 Å². The summed E-state index contributed by atoms with van der Waals surface area (Å²) < 4.78 is 6.77. The Kier molecular flexibility index (Phi) is 4.46. The zero-order chi connectivity index (χ0) is 19.8. The van der Waals surface area contributed by atoms with Gasteiger partial charge < -0.3 is 19.2 Å². The van der Waals surface area contributed by atoms with Gasteiger partial charge in [-0.3, -0.25) is 14.4 Å². The minimum Gasteiger partial charge on any atom is -0.442 e. The van der Waals surface area contributed by atoms with Gasteiger partial charge in [-0.1, -0.05) is 6.07 Å². The van der Waals surface area contributed by atoms with Gasteiger partial charge >= 0.3 is 0 Å². The third-order valence-electron chi connectivity index (χ3n) is 4.94. The predicted octanol–water partition coefficient (Wildman–Crippen LogP) is 2.32. The first-order chi connectivity index (χ1) is 13.5. The number of hydrogen-bond donors (Lipinski definition) is 1. The maximum Gasteiger partial charge on any atom is 0.265 e. The summed E-state index contributed by atoms with van der Waals surface area (Å²) in [4.78, 5) is 43.8. The van der Waals surface area contributed by atoms with Crippen molar-refractivity contribution in [2.75, 3.05) is 18.4 Å². The number of nitrogens with one attached hydrogen (secondary N) is 1. The Morgan fingerprint density at radius 1 is 1.21 bits per heavy atom. The Labute approximate surface area is 160 Å². The SMILES string of the molecule is Cc1oc2ncn(C)c(=O)c2c1C(=O)Nc1cccc(C(=O)N2CCCC2)c1. The summed E-state index contributed by atoms with van der Waals surface area (Å²) in [6.45, 7) is 3.13. The molecule has 1 saturated heterocycles. The molecule has 0 atom stereocenters. The van der Waals surface area contributed by atoms with Crippen molar-refractivity contribution in [1.82, 2.24) is 14.5 Å². The molecule has 1 aliphatic rings. The quantitative estimate of drug-likeness (QED) is 0.752. The Morgan fingerprint density at radius 3 is 2.71 bits per heavy atom. The first-order valence-corrected chi connectivity index (χ1v) is 9.11. The van der Waals surface area contributed by atoms with Gasteiger partial charge in [0.1, 0.15) is 17.5 Å². The molecule has 4 rings (SSSR count). The van der Waals surface area contributed by atoms with Gasteiger partial charge in [0.05, 0.1) is 5.56 Å². The van der Waals surface area contributed by atoms with Gasteiger partial charge in [0, 0.05) is 31.4 Å². The lowest BCUT2D eigenvalue weighted by molar-refractivity contribution is 0.0792. The number of amides is 2. The van der Waals surface area contributed by atoms with Crippen LogP contribution in [-0.4, -0.2) is 39.4 Å². The Balaban J connectivity index is 1.64. The van der Waals surface area contributed by atoms with Crippen LogP contribution in [0.1, 0.15) is 39.3 Å². The van der Waals surface area contributed by atoms with Crippen LogP contribution in [-0.2, 0) is 7.05 Å². The van der Waals surface area contributed by atoms with Crippen molar-refractivity contribution >= 4 is 28.6 Å². The molecule has 28 heavy (non-hydrogen) atoms. The number of carbonyl (C=O) groups excluding carboxylic acids is 2. The molecule has 2 amide bonds. The lowest BCUT2D eigenvalue weighted by Crippen LogP contribution is -2.27. The van der Waals surface area contributed by atoms with Crippen molar-refractivity contribution in [1.29, 1.82) is 0 Å². The molecule has 0 spiro atoms. The van der Waals surface area contributed by atoms with E-state index in [4.69, 9.17) is 4.42 Å². The molecule has 1 aromatic carbocycles. The standard InChI is InChI=1S/C20H20N4O4/c1-12-15(16-18(28-12)21-11-23(2)20(16)27)17(25)22-14-7-5-6-13(10-14)19(26)24-8-3-4-9-24/h5-7,10-11H,3-4,8-9H2,1-2H3,(H,22,25). The second kappa shape index (κ2) is 6.95. The van der Waals surface area contributed by atoms with E-state index in [1.807, 2.05) is 4.90 Å². The Morgan fingerprint density at radius 2 is 1.96 bits per heavy atom. The molecule has 0 radical (unpaired) electrons. The van der Waals surface area contributed by atoms with E-state index in [2.05, 4.69) is 10.3 Å². The monoisotopic (exact) mass is 380 g/mol. The molecule has 1 fully saturated rings. The maximum atomic E-state index is 12.9. The smallest absolute Gasteiger partial charge is 0.265 e. The molecule has 3 aromatic rings. The molecule has 0 unspecified atom stereocenters. The van der Waals surface area contributed by atoms with Gasteiger partial charge in [0.25, 0.3) is 17.4 Å². The highest BCUT2D eigenvalue weighted by Crippen LogP contribution is 2.23. The Hall–Kier alpha value is -3.42. The van der Waals surface area contributed by atoms with E-state index < -0.39 is 5.91 Å². The van der Waals surface area contributed by atoms with E-state index >= 15 is 0 Å². The van der Waals surface area contributed by atoms with Crippen LogP contribution in [0, 0.1) is 6.92 Å². The second-order valence-corrected chi connectivity index (χ2v) is 6.91. The zero-order valence-corrected chi connectivity index (χ0v) is 15.7. The fourth-order valence-electron chi connectivity index (χ4n) is 3.49. The minimum atomic E-state index is -0.480. The maximum absolute atomic E-state index is 12.9. The van der Waals surface area contributed by atoms with E-state index in [0.29, 0.717) is 17.0 Å². The highest BCUT2D eigenvalue weighted by molar-refractivity contribution is 6.12. The number of carbonyl (C=O) groups is 2. The van der Waals surface area contributed by atoms with Crippen LogP contribution >= 0.6 is 0 Å². The Bertz CT molecular complexity index is 1140. The number of likely N-dealkylation sites (tertiary alicyclic amines) is 1. The van der Waals surface area contributed by atoms with Gasteiger partial charge in [-0.15, -0.1) is 0 Å². The highest BCUT2D eigenvalue weighted by atomic mass is 16.3. The summed E-state index contributed by atoms with van der Waals surface area (Å²) >= 11 is 0. The van der Waals surface area contributed by atoms with Crippen LogP contribution in [0.5, 0.6) is 0 Å². The van der Waals surface area contributed by atoms with Gasteiger partial charge in [-0.25, -0.2) is 4.98 Å². The summed E-state index contributed by atoms with van der Waals surface area (Å²) in [5.41, 5.74) is 0.921. The van der Waals surface area contributed by atoms with Gasteiger partial charge in [0.15, 0.2) is 0 Å². The fraction of sp³-hybridized carbons (Fsp3) is 0.300. The second-order valence-electron chi connectivity index (χ2n) is 6.91. The van der Waals surface area contributed by atoms with Gasteiger partial charge in [0.2, 0.25) is 5.71 Å². The molecule has 0 aliphatic carbocycles. The third-order valence-corrected chi connectivity index (χ3v) is 4.94. The number of fused-ring (bicyclic) bond motifs is 1. The van der Waals surface area contributed by atoms with Crippen LogP contribution < -0.4 is 10.9 Å². The van der Waals surface area contributed by atoms with Crippen molar-refractivity contribution in [3.05, 3.63) is 57.8 Å². The highest BCUT2D eigenvalue weighted by Gasteiger charge is 2.23. The molecule has 0 saturated carbocycles. The van der Waals surface area contributed by atoms with Crippen molar-refractivity contribution in [3.63, 3.8) is 0 Å². The first kappa shape index (κ1) is 18.0. The van der Waals surface area contributed by atoms with Crippen LogP contribution in [0.25, 0.3) is 11.1 Å². The summed E-state index contributed by atoms with van der Waals surface area (Å²) in [6.07, 6.45) is 3.37. The lowest BCUT2D eigenvalue weighted by atomic mass is 10.1. The van der Waals surface area contributed by atoms with Gasteiger partial charge in [-0.05, 0) is 38.0 Å². The summed E-state index contributed by atoms with van der Waals surface area (Å²) in [5.74, 6) is -0.212. The van der Waals surface area contributed by atoms with E-state index in [9.17, 15) is 14.4 Å². The number of hydrogen-bond acceptors (Lipinski definition) is 5. The summed E-state index contributed by atoms with van der Waals surface area (Å²) in [7, 11) is 1.56. The van der Waals surface area contributed by atoms with E-state index in [1.54, 1.807) is 38.2 Å². The number of benzene rings is 1. The molecular formula is C20H20N4O4. The minimum absolute atomic E-state index is 0.0448. The van der Waals surface area contributed by atoms with Crippen molar-refractivity contribution < 1.29 is 14.0 Å². The van der Waals surface area contributed by atoms with E-state index in [0.717, 1.165) is 25.9 Å². The summed E-state index contributed by atoms with van der Waals surface area (Å²) in [5, 5.41) is 2.91. The fourth-order valence-corrected chi connectivity index (χ4v) is 3.49.